The number of aromatic amines is 1. The topological polar surface area (TPSA) is 36.1 Å². The normalized spacial score (nSPS) is 21.1. The fourth-order valence-corrected chi connectivity index (χ4v) is 4.41. The third-order valence-corrected chi connectivity index (χ3v) is 5.65. The van der Waals surface area contributed by atoms with Gasteiger partial charge in [-0.05, 0) is 61.2 Å². The molecule has 0 unspecified atom stereocenters. The molecule has 3 nitrogen and oxygen atoms in total. The van der Waals surface area contributed by atoms with Gasteiger partial charge in [0.15, 0.2) is 0 Å². The summed E-state index contributed by atoms with van der Waals surface area (Å²) in [5.41, 5.74) is 3.68. The maximum Gasteiger partial charge on any atom is 0.252 e. The molecule has 0 radical (unpaired) electrons. The lowest BCUT2D eigenvalue weighted by Crippen LogP contribution is -2.27. The molecular weight excluding hydrogens is 272 g/mol. The highest BCUT2D eigenvalue weighted by Gasteiger charge is 2.39. The zero-order valence-electron chi connectivity index (χ0n) is 13.3. The number of nitrogens with zero attached hydrogens (tertiary/aromatic N) is 1. The molecule has 1 saturated carbocycles. The van der Waals surface area contributed by atoms with E-state index in [4.69, 9.17) is 0 Å². The molecule has 1 N–H and O–H groups in total. The molecule has 2 aliphatic rings. The van der Waals surface area contributed by atoms with Gasteiger partial charge in [-0.15, -0.1) is 0 Å². The Bertz CT molecular complexity index is 756. The maximum absolute atomic E-state index is 12.4. The number of rotatable bonds is 2. The number of nitrogens with one attached hydrogen (secondary N) is 1. The van der Waals surface area contributed by atoms with Gasteiger partial charge in [-0.1, -0.05) is 25.0 Å². The van der Waals surface area contributed by atoms with Crippen molar-refractivity contribution in [2.75, 3.05) is 13.1 Å². The van der Waals surface area contributed by atoms with Crippen LogP contribution in [0.5, 0.6) is 0 Å². The summed E-state index contributed by atoms with van der Waals surface area (Å²) >= 11 is 0. The molecule has 2 aromatic rings. The van der Waals surface area contributed by atoms with E-state index in [1.165, 1.54) is 44.2 Å². The summed E-state index contributed by atoms with van der Waals surface area (Å²) in [6, 6.07) is 8.33. The minimum atomic E-state index is 0.0745. The molecule has 0 amide bonds. The number of fused-ring (bicyclic) bond motifs is 1. The van der Waals surface area contributed by atoms with Crippen molar-refractivity contribution in [3.8, 4) is 0 Å². The standard InChI is InChI=1S/C19H24N2O/c1-14-4-5-15-11-16(18(22)20-17(15)10-14)12-21-9-8-19(13-21)6-2-3-7-19/h4-5,10-11H,2-3,6-9,12-13H2,1H3,(H,20,22). The Morgan fingerprint density at radius 3 is 2.82 bits per heavy atom. The van der Waals surface area contributed by atoms with Crippen molar-refractivity contribution in [3.05, 3.63) is 45.7 Å². The van der Waals surface area contributed by atoms with Crippen molar-refractivity contribution in [2.24, 2.45) is 5.41 Å². The van der Waals surface area contributed by atoms with Crippen molar-refractivity contribution in [2.45, 2.75) is 45.6 Å². The van der Waals surface area contributed by atoms with Crippen molar-refractivity contribution < 1.29 is 0 Å². The molecule has 4 rings (SSSR count). The SMILES string of the molecule is Cc1ccc2cc(CN3CCC4(CCCC4)C3)c(=O)[nH]c2c1. The minimum Gasteiger partial charge on any atom is -0.322 e. The molecule has 1 aliphatic heterocycles. The second kappa shape index (κ2) is 5.24. The van der Waals surface area contributed by atoms with Gasteiger partial charge in [-0.25, -0.2) is 0 Å². The first-order valence-corrected chi connectivity index (χ1v) is 8.49. The van der Waals surface area contributed by atoms with E-state index in [9.17, 15) is 4.79 Å². The third kappa shape index (κ3) is 2.48. The van der Waals surface area contributed by atoms with Gasteiger partial charge in [-0.3, -0.25) is 9.69 Å². The quantitative estimate of drug-likeness (QED) is 0.919. The molecule has 2 fully saturated rings. The van der Waals surface area contributed by atoms with E-state index in [1.54, 1.807) is 0 Å². The van der Waals surface area contributed by atoms with Crippen LogP contribution in [0.3, 0.4) is 0 Å². The zero-order valence-corrected chi connectivity index (χ0v) is 13.3. The van der Waals surface area contributed by atoms with Crippen LogP contribution in [0.1, 0.15) is 43.2 Å². The smallest absolute Gasteiger partial charge is 0.252 e. The number of H-pyrrole nitrogens is 1. The van der Waals surface area contributed by atoms with E-state index in [1.807, 2.05) is 6.07 Å². The second-order valence-electron chi connectivity index (χ2n) is 7.38. The van der Waals surface area contributed by atoms with Gasteiger partial charge >= 0.3 is 0 Å². The van der Waals surface area contributed by atoms with Crippen molar-refractivity contribution in [1.29, 1.82) is 0 Å². The average Bonchev–Trinajstić information content (AvgIpc) is 3.11. The summed E-state index contributed by atoms with van der Waals surface area (Å²) in [4.78, 5) is 17.9. The van der Waals surface area contributed by atoms with Gasteiger partial charge in [0.2, 0.25) is 0 Å². The first-order valence-electron chi connectivity index (χ1n) is 8.49. The van der Waals surface area contributed by atoms with Crippen LogP contribution in [0, 0.1) is 12.3 Å². The monoisotopic (exact) mass is 296 g/mol. The van der Waals surface area contributed by atoms with E-state index >= 15 is 0 Å². The Morgan fingerprint density at radius 2 is 2.00 bits per heavy atom. The summed E-state index contributed by atoms with van der Waals surface area (Å²) in [7, 11) is 0. The largest absolute Gasteiger partial charge is 0.322 e. The number of hydrogen-bond donors (Lipinski definition) is 1. The summed E-state index contributed by atoms with van der Waals surface area (Å²) in [6.07, 6.45) is 6.87. The second-order valence-corrected chi connectivity index (χ2v) is 7.38. The number of hydrogen-bond acceptors (Lipinski definition) is 2. The lowest BCUT2D eigenvalue weighted by Gasteiger charge is -2.23. The summed E-state index contributed by atoms with van der Waals surface area (Å²) in [5.74, 6) is 0. The lowest BCUT2D eigenvalue weighted by molar-refractivity contribution is 0.255. The minimum absolute atomic E-state index is 0.0745. The van der Waals surface area contributed by atoms with Gasteiger partial charge in [0.1, 0.15) is 0 Å². The van der Waals surface area contributed by atoms with Crippen LogP contribution in [-0.4, -0.2) is 23.0 Å². The number of aromatic nitrogens is 1. The Kier molecular flexibility index (Phi) is 3.33. The third-order valence-electron chi connectivity index (χ3n) is 5.65. The van der Waals surface area contributed by atoms with Crippen molar-refractivity contribution in [3.63, 3.8) is 0 Å². The average molecular weight is 296 g/mol. The van der Waals surface area contributed by atoms with Crippen LogP contribution in [0.4, 0.5) is 0 Å². The molecule has 1 aliphatic carbocycles. The van der Waals surface area contributed by atoms with E-state index in [2.05, 4.69) is 35.0 Å². The van der Waals surface area contributed by atoms with E-state index in [0.29, 0.717) is 5.41 Å². The first-order chi connectivity index (χ1) is 10.6. The van der Waals surface area contributed by atoms with Crippen LogP contribution in [0.15, 0.2) is 29.1 Å². The molecule has 0 bridgehead atoms. The molecule has 116 valence electrons. The number of likely N-dealkylation sites (tertiary alicyclic amines) is 1. The molecule has 1 aromatic carbocycles. The predicted octanol–water partition coefficient (Wildman–Crippen LogP) is 3.60. The Morgan fingerprint density at radius 1 is 1.18 bits per heavy atom. The van der Waals surface area contributed by atoms with Gasteiger partial charge in [0.25, 0.3) is 5.56 Å². The highest BCUT2D eigenvalue weighted by molar-refractivity contribution is 5.79. The summed E-state index contributed by atoms with van der Waals surface area (Å²) in [6.45, 7) is 5.17. The van der Waals surface area contributed by atoms with Crippen LogP contribution >= 0.6 is 0 Å². The van der Waals surface area contributed by atoms with Crippen LogP contribution in [0.2, 0.25) is 0 Å². The van der Waals surface area contributed by atoms with Crippen molar-refractivity contribution >= 4 is 10.9 Å². The Labute approximate surface area is 131 Å². The fourth-order valence-electron chi connectivity index (χ4n) is 4.41. The number of benzene rings is 1. The molecule has 1 aromatic heterocycles. The molecule has 1 saturated heterocycles. The first kappa shape index (κ1) is 14.0. The molecule has 3 heteroatoms. The van der Waals surface area contributed by atoms with Gasteiger partial charge < -0.3 is 4.98 Å². The van der Waals surface area contributed by atoms with E-state index in [-0.39, 0.29) is 5.56 Å². The highest BCUT2D eigenvalue weighted by Crippen LogP contribution is 2.45. The van der Waals surface area contributed by atoms with Gasteiger partial charge in [0, 0.05) is 24.2 Å². The molecule has 0 atom stereocenters. The van der Waals surface area contributed by atoms with Gasteiger partial charge in [-0.2, -0.15) is 0 Å². The predicted molar refractivity (Wildman–Crippen MR) is 90.1 cm³/mol. The van der Waals surface area contributed by atoms with Gasteiger partial charge in [0.05, 0.1) is 0 Å². The molecular formula is C19H24N2O. The van der Waals surface area contributed by atoms with Crippen LogP contribution in [0.25, 0.3) is 10.9 Å². The fraction of sp³-hybridized carbons (Fsp3) is 0.526. The molecule has 2 heterocycles. The molecule has 1 spiro atoms. The van der Waals surface area contributed by atoms with E-state index in [0.717, 1.165) is 29.6 Å². The summed E-state index contributed by atoms with van der Waals surface area (Å²) in [5, 5.41) is 1.13. The summed E-state index contributed by atoms with van der Waals surface area (Å²) < 4.78 is 0. The molecule has 22 heavy (non-hydrogen) atoms. The number of pyridine rings is 1. The van der Waals surface area contributed by atoms with Crippen molar-refractivity contribution in [1.82, 2.24) is 9.88 Å². The lowest BCUT2D eigenvalue weighted by atomic mass is 9.86. The highest BCUT2D eigenvalue weighted by atomic mass is 16.1. The Balaban J connectivity index is 1.58. The Hall–Kier alpha value is -1.61. The zero-order chi connectivity index (χ0) is 15.2. The van der Waals surface area contributed by atoms with Crippen LogP contribution in [-0.2, 0) is 6.54 Å². The number of aryl methyl sites for hydroxylation is 1. The maximum atomic E-state index is 12.4. The van der Waals surface area contributed by atoms with Crippen LogP contribution < -0.4 is 5.56 Å². The van der Waals surface area contributed by atoms with E-state index < -0.39 is 0 Å².